The van der Waals surface area contributed by atoms with Gasteiger partial charge in [0.1, 0.15) is 11.5 Å². The molecule has 2 unspecified atom stereocenters. The van der Waals surface area contributed by atoms with E-state index in [0.717, 1.165) is 67.4 Å². The van der Waals surface area contributed by atoms with E-state index in [2.05, 4.69) is 22.4 Å². The molecule has 10 heteroatoms. The van der Waals surface area contributed by atoms with Gasteiger partial charge in [0.05, 0.1) is 23.6 Å². The smallest absolute Gasteiger partial charge is 0.141 e. The third-order valence-electron chi connectivity index (χ3n) is 5.81. The Kier molecular flexibility index (Phi) is 19.2. The molecule has 4 rings (SSSR count). The summed E-state index contributed by atoms with van der Waals surface area (Å²) in [6.45, 7) is 15.2. The summed E-state index contributed by atoms with van der Waals surface area (Å²) < 4.78 is 10.4. The van der Waals surface area contributed by atoms with E-state index in [1.54, 1.807) is 13.8 Å². The summed E-state index contributed by atoms with van der Waals surface area (Å²) in [4.78, 5) is 0. The molecule has 0 aliphatic heterocycles. The maximum Gasteiger partial charge on any atom is 0.141 e. The first-order valence-corrected chi connectivity index (χ1v) is 11.4. The fourth-order valence-corrected chi connectivity index (χ4v) is 4.19. The molecule has 2 heterocycles. The molecule has 2 N–H and O–H groups in total. The van der Waals surface area contributed by atoms with Gasteiger partial charge in [0.25, 0.3) is 0 Å². The van der Waals surface area contributed by atoms with Gasteiger partial charge < -0.3 is 19.3 Å². The second-order valence-corrected chi connectivity index (χ2v) is 9.02. The predicted molar refractivity (Wildman–Crippen MR) is 134 cm³/mol. The van der Waals surface area contributed by atoms with Crippen LogP contribution in [0.25, 0.3) is 22.3 Å². The summed E-state index contributed by atoms with van der Waals surface area (Å²) in [5, 5.41) is 27.3. The summed E-state index contributed by atoms with van der Waals surface area (Å²) in [6.07, 6.45) is -0.928. The van der Waals surface area contributed by atoms with Crippen LogP contribution < -0.4 is 0 Å². The molecule has 2 aromatic carbocycles. The molecular weight excluding hydrogens is 974 g/mol. The minimum Gasteiger partial charge on any atom is -0.389 e. The summed E-state index contributed by atoms with van der Waals surface area (Å²) in [6, 6.07) is 12.1. The van der Waals surface area contributed by atoms with Crippen molar-refractivity contribution in [2.75, 3.05) is 0 Å². The van der Waals surface area contributed by atoms with Gasteiger partial charge in [-0.3, -0.25) is 0 Å². The Labute approximate surface area is 304 Å². The minimum atomic E-state index is -0.464. The number of benzene rings is 2. The number of hydrogen-bond acceptors (Lipinski definition) is 6. The minimum absolute atomic E-state index is 0. The number of aromatic nitrogens is 2. The van der Waals surface area contributed by atoms with Crippen LogP contribution >= 0.6 is 0 Å². The van der Waals surface area contributed by atoms with Crippen molar-refractivity contribution >= 4 is 0 Å². The first-order valence-electron chi connectivity index (χ1n) is 11.4. The van der Waals surface area contributed by atoms with E-state index in [1.165, 1.54) is 0 Å². The van der Waals surface area contributed by atoms with Gasteiger partial charge in [0.15, 0.2) is 0 Å². The van der Waals surface area contributed by atoms with Crippen molar-refractivity contribution in [2.24, 2.45) is 0 Å². The van der Waals surface area contributed by atoms with Crippen molar-refractivity contribution in [3.05, 3.63) is 81.6 Å². The molecule has 0 fully saturated rings. The molecule has 6 nitrogen and oxygen atoms in total. The standard InChI is InChI=1S/2C14H17NO2.2W.2Y/c2*1-8-5-12(10(3)16)7-13(6-8)14-9(2)15-17-11(14)4;;;;/h2*5-7,10,16H,1-4H3;;;;. The molecule has 0 amide bonds. The van der Waals surface area contributed by atoms with Crippen molar-refractivity contribution in [3.63, 3.8) is 0 Å². The molecule has 0 saturated carbocycles. The summed E-state index contributed by atoms with van der Waals surface area (Å²) in [5.74, 6) is 1.62. The number of aliphatic hydroxyl groups is 2. The number of rotatable bonds is 4. The third-order valence-corrected chi connectivity index (χ3v) is 5.81. The van der Waals surface area contributed by atoms with E-state index in [-0.39, 0.29) is 108 Å². The molecule has 0 saturated heterocycles. The van der Waals surface area contributed by atoms with Crippen molar-refractivity contribution in [2.45, 2.75) is 67.6 Å². The first-order chi connectivity index (χ1) is 16.0. The SMILES string of the molecule is Cc1cc(-c2c(C)noc2C)cc(C(C)O)c1.Cc1cc(-c2c(C)noc2C)cc(C(C)O)c1.[W].[W].[Y].[Y]. The number of aliphatic hydroxyl groups excluding tert-OH is 2. The van der Waals surface area contributed by atoms with E-state index in [4.69, 9.17) is 9.05 Å². The van der Waals surface area contributed by atoms with E-state index in [1.807, 2.05) is 65.8 Å². The molecule has 38 heavy (non-hydrogen) atoms. The molecule has 2 aromatic heterocycles. The van der Waals surface area contributed by atoms with Gasteiger partial charge >= 0.3 is 0 Å². The molecule has 0 aliphatic rings. The van der Waals surface area contributed by atoms with Crippen LogP contribution in [0.3, 0.4) is 0 Å². The van der Waals surface area contributed by atoms with Crippen molar-refractivity contribution in [3.8, 4) is 22.3 Å². The number of hydrogen-bond donors (Lipinski definition) is 2. The monoisotopic (exact) mass is 1010 g/mol. The van der Waals surface area contributed by atoms with E-state index >= 15 is 0 Å². The van der Waals surface area contributed by atoms with Crippen LogP contribution in [0.5, 0.6) is 0 Å². The van der Waals surface area contributed by atoms with Gasteiger partial charge in [-0.1, -0.05) is 45.7 Å². The molecule has 2 radical (unpaired) electrons. The fraction of sp³-hybridized carbons (Fsp3) is 0.357. The summed E-state index contributed by atoms with van der Waals surface area (Å²) in [7, 11) is 0. The third kappa shape index (κ3) is 10.3. The summed E-state index contributed by atoms with van der Waals surface area (Å²) in [5.41, 5.74) is 9.99. The largest absolute Gasteiger partial charge is 0.389 e. The molecule has 0 spiro atoms. The van der Waals surface area contributed by atoms with Crippen molar-refractivity contribution in [1.29, 1.82) is 0 Å². The van der Waals surface area contributed by atoms with Gasteiger partial charge in [0.2, 0.25) is 0 Å². The quantitative estimate of drug-likeness (QED) is 0.239. The van der Waals surface area contributed by atoms with Gasteiger partial charge in [-0.25, -0.2) is 0 Å². The Bertz CT molecular complexity index is 1170. The molecule has 0 aliphatic carbocycles. The van der Waals surface area contributed by atoms with Gasteiger partial charge in [-0.2, -0.15) is 0 Å². The van der Waals surface area contributed by atoms with Crippen LogP contribution in [-0.4, -0.2) is 20.5 Å². The zero-order valence-electron chi connectivity index (χ0n) is 23.2. The Hall–Kier alpha value is 0.364. The van der Waals surface area contributed by atoms with Gasteiger partial charge in [0, 0.05) is 119 Å². The van der Waals surface area contributed by atoms with E-state index < -0.39 is 12.2 Å². The molecule has 2 atom stereocenters. The van der Waals surface area contributed by atoms with Gasteiger partial charge in [-0.05, 0) is 89.8 Å². The second-order valence-electron chi connectivity index (χ2n) is 9.02. The topological polar surface area (TPSA) is 92.5 Å². The summed E-state index contributed by atoms with van der Waals surface area (Å²) >= 11 is 0. The maximum atomic E-state index is 9.67. The first kappa shape index (κ1) is 40.5. The second kappa shape index (κ2) is 18.0. The van der Waals surface area contributed by atoms with Gasteiger partial charge in [-0.15, -0.1) is 0 Å². The Morgan fingerprint density at radius 1 is 0.579 bits per heavy atom. The fourth-order valence-electron chi connectivity index (χ4n) is 4.19. The average molecular weight is 1010 g/mol. The van der Waals surface area contributed by atoms with E-state index in [0.29, 0.717) is 0 Å². The predicted octanol–water partition coefficient (Wildman–Crippen LogP) is 6.63. The molecular formula is C28H34N2O4W2Y2. The Balaban J connectivity index is 0. The van der Waals surface area contributed by atoms with Crippen molar-refractivity contribution < 1.29 is 127 Å². The van der Waals surface area contributed by atoms with Crippen LogP contribution in [0.2, 0.25) is 0 Å². The number of aryl methyl sites for hydroxylation is 6. The normalized spacial score (nSPS) is 11.4. The zero-order chi connectivity index (χ0) is 25.2. The van der Waals surface area contributed by atoms with Crippen LogP contribution in [0, 0.1) is 41.5 Å². The number of nitrogens with zero attached hydrogens (tertiary/aromatic N) is 2. The Morgan fingerprint density at radius 3 is 1.13 bits per heavy atom. The Morgan fingerprint density at radius 2 is 0.895 bits per heavy atom. The molecule has 4 aromatic rings. The van der Waals surface area contributed by atoms with Crippen LogP contribution in [0.4, 0.5) is 0 Å². The molecule has 198 valence electrons. The van der Waals surface area contributed by atoms with Crippen LogP contribution in [0.15, 0.2) is 45.4 Å². The van der Waals surface area contributed by atoms with E-state index in [9.17, 15) is 10.2 Å². The molecule has 0 bridgehead atoms. The zero-order valence-corrected chi connectivity index (χ0v) is 34.7. The van der Waals surface area contributed by atoms with Crippen LogP contribution in [-0.2, 0) is 108 Å². The average Bonchev–Trinajstić information content (AvgIpc) is 3.27. The van der Waals surface area contributed by atoms with Crippen LogP contribution in [0.1, 0.15) is 71.2 Å². The maximum absolute atomic E-state index is 9.67. The van der Waals surface area contributed by atoms with Crippen molar-refractivity contribution in [1.82, 2.24) is 10.3 Å².